The van der Waals surface area contributed by atoms with Gasteiger partial charge in [-0.1, -0.05) is 6.07 Å². The quantitative estimate of drug-likeness (QED) is 0.898. The smallest absolute Gasteiger partial charge is 0.137 e. The third-order valence-corrected chi connectivity index (χ3v) is 2.70. The lowest BCUT2D eigenvalue weighted by Gasteiger charge is -2.11. The lowest BCUT2D eigenvalue weighted by Crippen LogP contribution is -2.12. The Labute approximate surface area is 104 Å². The van der Waals surface area contributed by atoms with Crippen molar-refractivity contribution >= 4 is 28.3 Å². The zero-order chi connectivity index (χ0) is 10.6. The van der Waals surface area contributed by atoms with Crippen LogP contribution in [0.2, 0.25) is 0 Å². The zero-order valence-corrected chi connectivity index (χ0v) is 10.7. The molecule has 2 nitrogen and oxygen atoms in total. The van der Waals surface area contributed by atoms with Crippen LogP contribution in [0.4, 0.5) is 4.39 Å². The summed E-state index contributed by atoms with van der Waals surface area (Å²) in [4.78, 5) is 0. The average Bonchev–Trinajstić information content (AvgIpc) is 2.18. The molecule has 0 fully saturated rings. The standard InChI is InChI=1S/C10H14BrFN2.ClH/c11-8-6-7(3-4-9(8)12)10(14)2-1-5-13;/h3-4,6,10H,1-2,5,13-14H2;1H/t10-;/m0./s1. The van der Waals surface area contributed by atoms with Crippen molar-refractivity contribution in [3.05, 3.63) is 34.1 Å². The van der Waals surface area contributed by atoms with Crippen molar-refractivity contribution in [2.45, 2.75) is 18.9 Å². The molecule has 4 N–H and O–H groups in total. The maximum Gasteiger partial charge on any atom is 0.137 e. The highest BCUT2D eigenvalue weighted by Crippen LogP contribution is 2.22. The Morgan fingerprint density at radius 3 is 2.60 bits per heavy atom. The summed E-state index contributed by atoms with van der Waals surface area (Å²) >= 11 is 3.13. The fourth-order valence-electron chi connectivity index (χ4n) is 1.25. The van der Waals surface area contributed by atoms with E-state index < -0.39 is 0 Å². The van der Waals surface area contributed by atoms with E-state index in [1.54, 1.807) is 12.1 Å². The van der Waals surface area contributed by atoms with Crippen molar-refractivity contribution in [1.82, 2.24) is 0 Å². The molecule has 5 heteroatoms. The normalized spacial score (nSPS) is 12.0. The zero-order valence-electron chi connectivity index (χ0n) is 8.25. The second-order valence-corrected chi connectivity index (χ2v) is 4.07. The predicted octanol–water partition coefficient (Wildman–Crippen LogP) is 2.75. The van der Waals surface area contributed by atoms with Crippen LogP contribution in [0.25, 0.3) is 0 Å². The summed E-state index contributed by atoms with van der Waals surface area (Å²) in [5, 5.41) is 0. The summed E-state index contributed by atoms with van der Waals surface area (Å²) in [6.45, 7) is 0.635. The van der Waals surface area contributed by atoms with Crippen LogP contribution >= 0.6 is 28.3 Å². The SMILES string of the molecule is Cl.NCCC[C@H](N)c1ccc(F)c(Br)c1. The first kappa shape index (κ1) is 14.8. The van der Waals surface area contributed by atoms with Crippen LogP contribution in [-0.4, -0.2) is 6.54 Å². The molecule has 1 rings (SSSR count). The van der Waals surface area contributed by atoms with Gasteiger partial charge in [0, 0.05) is 6.04 Å². The molecule has 0 bridgehead atoms. The van der Waals surface area contributed by atoms with Crippen molar-refractivity contribution < 1.29 is 4.39 Å². The van der Waals surface area contributed by atoms with Crippen molar-refractivity contribution in [2.75, 3.05) is 6.54 Å². The van der Waals surface area contributed by atoms with Gasteiger partial charge in [0.05, 0.1) is 4.47 Å². The van der Waals surface area contributed by atoms with E-state index in [9.17, 15) is 4.39 Å². The lowest BCUT2D eigenvalue weighted by atomic mass is 10.0. The van der Waals surface area contributed by atoms with E-state index in [2.05, 4.69) is 15.9 Å². The molecule has 0 amide bonds. The molecule has 1 aromatic carbocycles. The largest absolute Gasteiger partial charge is 0.330 e. The topological polar surface area (TPSA) is 52.0 Å². The van der Waals surface area contributed by atoms with Crippen molar-refractivity contribution in [3.63, 3.8) is 0 Å². The highest BCUT2D eigenvalue weighted by atomic mass is 79.9. The molecule has 0 aromatic heterocycles. The van der Waals surface area contributed by atoms with Crippen molar-refractivity contribution in [3.8, 4) is 0 Å². The Balaban J connectivity index is 0.00000196. The highest BCUT2D eigenvalue weighted by Gasteiger charge is 2.07. The Bertz CT molecular complexity index is 309. The molecular weight excluding hydrogens is 282 g/mol. The molecular formula is C10H15BrClFN2. The monoisotopic (exact) mass is 296 g/mol. The Morgan fingerprint density at radius 1 is 1.40 bits per heavy atom. The second kappa shape index (κ2) is 7.17. The number of nitrogens with two attached hydrogens (primary N) is 2. The molecule has 0 heterocycles. The summed E-state index contributed by atoms with van der Waals surface area (Å²) in [6.07, 6.45) is 1.71. The van der Waals surface area contributed by atoms with E-state index >= 15 is 0 Å². The molecule has 0 aliphatic carbocycles. The van der Waals surface area contributed by atoms with Crippen LogP contribution in [-0.2, 0) is 0 Å². The number of hydrogen-bond acceptors (Lipinski definition) is 2. The van der Waals surface area contributed by atoms with Gasteiger partial charge in [0.15, 0.2) is 0 Å². The molecule has 86 valence electrons. The third-order valence-electron chi connectivity index (χ3n) is 2.09. The summed E-state index contributed by atoms with van der Waals surface area (Å²) in [5.41, 5.74) is 12.2. The van der Waals surface area contributed by atoms with Gasteiger partial charge in [-0.05, 0) is 53.0 Å². The number of benzene rings is 1. The van der Waals surface area contributed by atoms with Crippen LogP contribution in [0.5, 0.6) is 0 Å². The van der Waals surface area contributed by atoms with Gasteiger partial charge >= 0.3 is 0 Å². The van der Waals surface area contributed by atoms with Gasteiger partial charge in [0.25, 0.3) is 0 Å². The molecule has 0 radical (unpaired) electrons. The van der Waals surface area contributed by atoms with E-state index in [0.29, 0.717) is 11.0 Å². The van der Waals surface area contributed by atoms with Crippen LogP contribution in [0.1, 0.15) is 24.4 Å². The van der Waals surface area contributed by atoms with Crippen LogP contribution < -0.4 is 11.5 Å². The fraction of sp³-hybridized carbons (Fsp3) is 0.400. The molecule has 1 aromatic rings. The number of halogens is 3. The Hall–Kier alpha value is -0.160. The van der Waals surface area contributed by atoms with E-state index in [0.717, 1.165) is 18.4 Å². The second-order valence-electron chi connectivity index (χ2n) is 3.21. The van der Waals surface area contributed by atoms with Crippen molar-refractivity contribution in [2.24, 2.45) is 11.5 Å². The molecule has 0 spiro atoms. The summed E-state index contributed by atoms with van der Waals surface area (Å²) < 4.78 is 13.4. The first-order valence-electron chi connectivity index (χ1n) is 4.55. The first-order valence-corrected chi connectivity index (χ1v) is 5.35. The minimum atomic E-state index is -0.264. The molecule has 0 saturated carbocycles. The highest BCUT2D eigenvalue weighted by molar-refractivity contribution is 9.10. The van der Waals surface area contributed by atoms with Crippen LogP contribution in [0, 0.1) is 5.82 Å². The van der Waals surface area contributed by atoms with E-state index in [-0.39, 0.29) is 24.3 Å². The van der Waals surface area contributed by atoms with Crippen LogP contribution in [0.15, 0.2) is 22.7 Å². The Morgan fingerprint density at radius 2 is 2.07 bits per heavy atom. The number of rotatable bonds is 4. The lowest BCUT2D eigenvalue weighted by molar-refractivity contribution is 0.603. The minimum absolute atomic E-state index is 0. The van der Waals surface area contributed by atoms with Gasteiger partial charge < -0.3 is 11.5 Å². The first-order chi connectivity index (χ1) is 6.65. The van der Waals surface area contributed by atoms with Gasteiger partial charge in [-0.15, -0.1) is 12.4 Å². The average molecular weight is 298 g/mol. The van der Waals surface area contributed by atoms with E-state index in [1.165, 1.54) is 6.07 Å². The third kappa shape index (κ3) is 4.47. The molecule has 0 unspecified atom stereocenters. The molecule has 0 aliphatic heterocycles. The maximum atomic E-state index is 12.9. The maximum absolute atomic E-state index is 12.9. The van der Waals surface area contributed by atoms with E-state index in [1.807, 2.05) is 0 Å². The molecule has 0 aliphatic rings. The summed E-state index contributed by atoms with van der Waals surface area (Å²) in [5.74, 6) is -0.264. The van der Waals surface area contributed by atoms with Crippen LogP contribution in [0.3, 0.4) is 0 Å². The van der Waals surface area contributed by atoms with Crippen molar-refractivity contribution in [1.29, 1.82) is 0 Å². The summed E-state index contributed by atoms with van der Waals surface area (Å²) in [7, 11) is 0. The molecule has 0 saturated heterocycles. The predicted molar refractivity (Wildman–Crippen MR) is 66.6 cm³/mol. The van der Waals surface area contributed by atoms with Gasteiger partial charge in [-0.3, -0.25) is 0 Å². The van der Waals surface area contributed by atoms with Gasteiger partial charge in [-0.2, -0.15) is 0 Å². The van der Waals surface area contributed by atoms with Gasteiger partial charge in [-0.25, -0.2) is 4.39 Å². The fourth-order valence-corrected chi connectivity index (χ4v) is 1.64. The summed E-state index contributed by atoms with van der Waals surface area (Å²) in [6, 6.07) is 4.79. The minimum Gasteiger partial charge on any atom is -0.330 e. The molecule has 1 atom stereocenters. The Kier molecular flexibility index (Phi) is 7.09. The van der Waals surface area contributed by atoms with E-state index in [4.69, 9.17) is 11.5 Å². The van der Waals surface area contributed by atoms with Gasteiger partial charge in [0.2, 0.25) is 0 Å². The molecule has 15 heavy (non-hydrogen) atoms. The number of hydrogen-bond donors (Lipinski definition) is 2. The van der Waals surface area contributed by atoms with Gasteiger partial charge in [0.1, 0.15) is 5.82 Å².